The first-order valence-electron chi connectivity index (χ1n) is 7.19. The quantitative estimate of drug-likeness (QED) is 0.422. The third-order valence-electron chi connectivity index (χ3n) is 2.97. The van der Waals surface area contributed by atoms with Crippen LogP contribution in [-0.2, 0) is 0 Å². The van der Waals surface area contributed by atoms with Gasteiger partial charge >= 0.3 is 5.97 Å². The van der Waals surface area contributed by atoms with Gasteiger partial charge in [-0.15, -0.1) is 0 Å². The molecule has 0 radical (unpaired) electrons. The minimum Gasteiger partial charge on any atom is -0.492 e. The molecule has 5 heteroatoms. The fourth-order valence-corrected chi connectivity index (χ4v) is 2.27. The molecule has 0 fully saturated rings. The van der Waals surface area contributed by atoms with Crippen molar-refractivity contribution in [3.8, 4) is 11.5 Å². The van der Waals surface area contributed by atoms with Crippen LogP contribution in [0.2, 0.25) is 0 Å². The molecule has 2 aromatic rings. The first-order chi connectivity index (χ1) is 11.0. The van der Waals surface area contributed by atoms with Gasteiger partial charge in [0.2, 0.25) is 0 Å². The van der Waals surface area contributed by atoms with E-state index in [9.17, 15) is 9.59 Å². The number of aldehydes is 1. The van der Waals surface area contributed by atoms with Crippen LogP contribution in [-0.4, -0.2) is 18.9 Å². The number of ether oxygens (including phenoxy) is 2. The standard InChI is InChI=1S/C18H17BrO4/c1-12(2)11-22-17-8-5-14(9-16(17)19)18(21)23-15-6-3-13(10-20)4-7-15/h3-10,12H,11H2,1-2H3. The van der Waals surface area contributed by atoms with E-state index in [2.05, 4.69) is 29.8 Å². The van der Waals surface area contributed by atoms with Crippen LogP contribution in [0, 0.1) is 5.92 Å². The van der Waals surface area contributed by atoms with Gasteiger partial charge in [-0.25, -0.2) is 4.79 Å². The molecule has 0 amide bonds. The van der Waals surface area contributed by atoms with Crippen LogP contribution in [0.25, 0.3) is 0 Å². The third kappa shape index (κ3) is 4.93. The van der Waals surface area contributed by atoms with E-state index in [1.807, 2.05) is 0 Å². The van der Waals surface area contributed by atoms with Crippen LogP contribution in [0.3, 0.4) is 0 Å². The predicted octanol–water partition coefficient (Wildman–Crippen LogP) is 4.52. The molecule has 0 heterocycles. The van der Waals surface area contributed by atoms with Gasteiger partial charge in [-0.05, 0) is 64.3 Å². The zero-order chi connectivity index (χ0) is 16.8. The van der Waals surface area contributed by atoms with E-state index >= 15 is 0 Å². The van der Waals surface area contributed by atoms with E-state index in [1.54, 1.807) is 42.5 Å². The van der Waals surface area contributed by atoms with E-state index in [-0.39, 0.29) is 0 Å². The molecule has 0 aliphatic rings. The lowest BCUT2D eigenvalue weighted by molar-refractivity contribution is 0.0734. The molecule has 0 aliphatic heterocycles. The normalized spacial score (nSPS) is 10.4. The number of esters is 1. The van der Waals surface area contributed by atoms with Gasteiger partial charge < -0.3 is 9.47 Å². The summed E-state index contributed by atoms with van der Waals surface area (Å²) in [6.07, 6.45) is 0.735. The molecule has 0 atom stereocenters. The summed E-state index contributed by atoms with van der Waals surface area (Å²) in [6.45, 7) is 4.73. The minimum absolute atomic E-state index is 0.386. The molecule has 0 aromatic heterocycles. The molecule has 4 nitrogen and oxygen atoms in total. The highest BCUT2D eigenvalue weighted by Gasteiger charge is 2.12. The van der Waals surface area contributed by atoms with Crippen LogP contribution >= 0.6 is 15.9 Å². The Bertz CT molecular complexity index is 693. The zero-order valence-corrected chi connectivity index (χ0v) is 14.5. The summed E-state index contributed by atoms with van der Waals surface area (Å²) in [5.74, 6) is 1.02. The number of benzene rings is 2. The predicted molar refractivity (Wildman–Crippen MR) is 91.3 cm³/mol. The summed E-state index contributed by atoms with van der Waals surface area (Å²) in [4.78, 5) is 22.7. The Morgan fingerprint density at radius 2 is 1.87 bits per heavy atom. The van der Waals surface area contributed by atoms with Crippen molar-refractivity contribution in [2.75, 3.05) is 6.61 Å². The Morgan fingerprint density at radius 3 is 2.43 bits per heavy atom. The monoisotopic (exact) mass is 376 g/mol. The van der Waals surface area contributed by atoms with Gasteiger partial charge in [0.15, 0.2) is 0 Å². The van der Waals surface area contributed by atoms with Crippen molar-refractivity contribution in [1.82, 2.24) is 0 Å². The first-order valence-corrected chi connectivity index (χ1v) is 7.98. The van der Waals surface area contributed by atoms with Crippen molar-refractivity contribution in [2.45, 2.75) is 13.8 Å². The third-order valence-corrected chi connectivity index (χ3v) is 3.59. The fourth-order valence-electron chi connectivity index (χ4n) is 1.78. The van der Waals surface area contributed by atoms with Crippen LogP contribution in [0.1, 0.15) is 34.6 Å². The molecule has 120 valence electrons. The lowest BCUT2D eigenvalue weighted by Crippen LogP contribution is -2.09. The van der Waals surface area contributed by atoms with Crippen LogP contribution in [0.15, 0.2) is 46.9 Å². The average molecular weight is 377 g/mol. The number of carbonyl (C=O) groups is 2. The van der Waals surface area contributed by atoms with Gasteiger partial charge in [-0.2, -0.15) is 0 Å². The van der Waals surface area contributed by atoms with Crippen molar-refractivity contribution >= 4 is 28.2 Å². The Hall–Kier alpha value is -2.14. The van der Waals surface area contributed by atoms with Crippen LogP contribution in [0.4, 0.5) is 0 Å². The van der Waals surface area contributed by atoms with Gasteiger partial charge in [0.25, 0.3) is 0 Å². The van der Waals surface area contributed by atoms with E-state index in [1.165, 1.54) is 0 Å². The number of halogens is 1. The summed E-state index contributed by atoms with van der Waals surface area (Å²) < 4.78 is 11.6. The molecule has 0 unspecified atom stereocenters. The molecular weight excluding hydrogens is 360 g/mol. The largest absolute Gasteiger partial charge is 0.492 e. The number of carbonyl (C=O) groups excluding carboxylic acids is 2. The molecule has 0 aliphatic carbocycles. The van der Waals surface area contributed by atoms with Crippen molar-refractivity contribution < 1.29 is 19.1 Å². The molecule has 0 spiro atoms. The summed E-state index contributed by atoms with van der Waals surface area (Å²) in [5, 5.41) is 0. The highest BCUT2D eigenvalue weighted by molar-refractivity contribution is 9.10. The Labute approximate surface area is 143 Å². The maximum Gasteiger partial charge on any atom is 0.343 e. The molecule has 0 bridgehead atoms. The number of hydrogen-bond donors (Lipinski definition) is 0. The highest BCUT2D eigenvalue weighted by atomic mass is 79.9. The van der Waals surface area contributed by atoms with E-state index < -0.39 is 5.97 Å². The van der Waals surface area contributed by atoms with Crippen molar-refractivity contribution in [3.05, 3.63) is 58.1 Å². The van der Waals surface area contributed by atoms with Gasteiger partial charge in [0.05, 0.1) is 16.6 Å². The maximum atomic E-state index is 12.1. The molecular formula is C18H17BrO4. The Kier molecular flexibility index (Phi) is 5.93. The summed E-state index contributed by atoms with van der Waals surface area (Å²) in [6, 6.07) is 11.4. The van der Waals surface area contributed by atoms with Crippen molar-refractivity contribution in [3.63, 3.8) is 0 Å². The first kappa shape index (κ1) is 17.2. The summed E-state index contributed by atoms with van der Waals surface area (Å²) in [7, 11) is 0. The molecule has 2 rings (SSSR count). The highest BCUT2D eigenvalue weighted by Crippen LogP contribution is 2.27. The van der Waals surface area contributed by atoms with Crippen molar-refractivity contribution in [2.24, 2.45) is 5.92 Å². The summed E-state index contributed by atoms with van der Waals surface area (Å²) >= 11 is 3.40. The molecule has 0 saturated heterocycles. The topological polar surface area (TPSA) is 52.6 Å². The number of rotatable bonds is 6. The Morgan fingerprint density at radius 1 is 1.17 bits per heavy atom. The molecule has 23 heavy (non-hydrogen) atoms. The molecule has 0 saturated carbocycles. The van der Waals surface area contributed by atoms with Crippen molar-refractivity contribution in [1.29, 1.82) is 0 Å². The summed E-state index contributed by atoms with van der Waals surface area (Å²) in [5.41, 5.74) is 0.937. The average Bonchev–Trinajstić information content (AvgIpc) is 2.54. The fraction of sp³-hybridized carbons (Fsp3) is 0.222. The van der Waals surface area contributed by atoms with Crippen LogP contribution in [0.5, 0.6) is 11.5 Å². The van der Waals surface area contributed by atoms with Gasteiger partial charge in [-0.1, -0.05) is 13.8 Å². The van der Waals surface area contributed by atoms with E-state index in [4.69, 9.17) is 9.47 Å². The van der Waals surface area contributed by atoms with E-state index in [0.717, 1.165) is 6.29 Å². The van der Waals surface area contributed by atoms with Gasteiger partial charge in [-0.3, -0.25) is 4.79 Å². The molecule has 0 N–H and O–H groups in total. The zero-order valence-electron chi connectivity index (χ0n) is 12.9. The molecule has 2 aromatic carbocycles. The second-order valence-corrected chi connectivity index (χ2v) is 6.28. The van der Waals surface area contributed by atoms with E-state index in [0.29, 0.717) is 39.6 Å². The lowest BCUT2D eigenvalue weighted by Gasteiger charge is -2.11. The second-order valence-electron chi connectivity index (χ2n) is 5.43. The minimum atomic E-state index is -0.472. The van der Waals surface area contributed by atoms with Crippen LogP contribution < -0.4 is 9.47 Å². The Balaban J connectivity index is 2.06. The second kappa shape index (κ2) is 7.92. The maximum absolute atomic E-state index is 12.1. The smallest absolute Gasteiger partial charge is 0.343 e. The van der Waals surface area contributed by atoms with Gasteiger partial charge in [0.1, 0.15) is 17.8 Å². The lowest BCUT2D eigenvalue weighted by atomic mass is 10.2. The number of hydrogen-bond acceptors (Lipinski definition) is 4. The SMILES string of the molecule is CC(C)COc1ccc(C(=O)Oc2ccc(C=O)cc2)cc1Br. The van der Waals surface area contributed by atoms with Gasteiger partial charge in [0, 0.05) is 5.56 Å².